The number of ketones is 1. The molecule has 0 atom stereocenters. The lowest BCUT2D eigenvalue weighted by atomic mass is 10.0. The highest BCUT2D eigenvalue weighted by atomic mass is 16.6. The van der Waals surface area contributed by atoms with Crippen molar-refractivity contribution in [2.24, 2.45) is 0 Å². The summed E-state index contributed by atoms with van der Waals surface area (Å²) >= 11 is 0. The van der Waals surface area contributed by atoms with Gasteiger partial charge in [0, 0.05) is 23.3 Å². The van der Waals surface area contributed by atoms with Crippen molar-refractivity contribution in [2.75, 3.05) is 0 Å². The van der Waals surface area contributed by atoms with Crippen molar-refractivity contribution in [1.29, 1.82) is 5.26 Å². The summed E-state index contributed by atoms with van der Waals surface area (Å²) in [6, 6.07) is 23.9. The molecule has 0 heterocycles. The maximum absolute atomic E-state index is 12.7. The largest absolute Gasteiger partial charge is 0.488 e. The van der Waals surface area contributed by atoms with E-state index in [0.717, 1.165) is 11.6 Å². The summed E-state index contributed by atoms with van der Waals surface area (Å²) in [4.78, 5) is 23.0. The molecule has 0 aliphatic rings. The molecule has 0 saturated heterocycles. The highest BCUT2D eigenvalue weighted by Crippen LogP contribution is 2.24. The first-order valence-corrected chi connectivity index (χ1v) is 8.75. The normalized spacial score (nSPS) is 10.8. The second-order valence-electron chi connectivity index (χ2n) is 6.12. The summed E-state index contributed by atoms with van der Waals surface area (Å²) in [6.45, 7) is 0.340. The molecule has 0 radical (unpaired) electrons. The number of ether oxygens (including phenoxy) is 1. The monoisotopic (exact) mass is 384 g/mol. The van der Waals surface area contributed by atoms with Crippen LogP contribution in [0.3, 0.4) is 0 Å². The number of hydrogen-bond acceptors (Lipinski definition) is 5. The van der Waals surface area contributed by atoms with Gasteiger partial charge in [-0.05, 0) is 17.7 Å². The van der Waals surface area contributed by atoms with Crippen LogP contribution >= 0.6 is 0 Å². The minimum atomic E-state index is -0.589. The third-order valence-electron chi connectivity index (χ3n) is 4.14. The van der Waals surface area contributed by atoms with Crippen LogP contribution in [0.5, 0.6) is 5.75 Å². The maximum atomic E-state index is 12.7. The zero-order chi connectivity index (χ0) is 20.6. The van der Waals surface area contributed by atoms with Gasteiger partial charge in [0.25, 0.3) is 5.69 Å². The summed E-state index contributed by atoms with van der Waals surface area (Å²) in [6.07, 6.45) is 1.43. The second-order valence-corrected chi connectivity index (χ2v) is 6.12. The van der Waals surface area contributed by atoms with E-state index in [1.165, 1.54) is 24.3 Å². The Morgan fingerprint density at radius 3 is 2.48 bits per heavy atom. The molecule has 0 bridgehead atoms. The third kappa shape index (κ3) is 4.93. The Kier molecular flexibility index (Phi) is 6.13. The number of Topliss-reactive ketones (excluding diaryl/α,β-unsaturated/α-hetero) is 1. The SMILES string of the molecule is N#C/C(=C\c1ccccc1OCc1ccccc1)C(=O)c1cccc([N+](=O)[O-])c1. The van der Waals surface area contributed by atoms with Gasteiger partial charge in [-0.1, -0.05) is 60.7 Å². The number of rotatable bonds is 7. The van der Waals surface area contributed by atoms with Crippen molar-refractivity contribution in [3.63, 3.8) is 0 Å². The Bertz CT molecular complexity index is 1110. The number of nitriles is 1. The quantitative estimate of drug-likeness (QED) is 0.189. The zero-order valence-electron chi connectivity index (χ0n) is 15.3. The molecular weight excluding hydrogens is 368 g/mol. The van der Waals surface area contributed by atoms with E-state index < -0.39 is 10.7 Å². The van der Waals surface area contributed by atoms with Crippen molar-refractivity contribution in [3.05, 3.63) is 111 Å². The summed E-state index contributed by atoms with van der Waals surface area (Å²) < 4.78 is 5.85. The number of hydrogen-bond donors (Lipinski definition) is 0. The molecule has 0 fully saturated rings. The molecule has 142 valence electrons. The Labute approximate surface area is 167 Å². The van der Waals surface area contributed by atoms with Crippen LogP contribution < -0.4 is 4.74 Å². The fourth-order valence-electron chi connectivity index (χ4n) is 2.69. The molecule has 29 heavy (non-hydrogen) atoms. The van der Waals surface area contributed by atoms with Gasteiger partial charge < -0.3 is 4.74 Å². The third-order valence-corrected chi connectivity index (χ3v) is 4.14. The van der Waals surface area contributed by atoms with Crippen LogP contribution in [-0.2, 0) is 6.61 Å². The van der Waals surface area contributed by atoms with Gasteiger partial charge in [-0.15, -0.1) is 0 Å². The lowest BCUT2D eigenvalue weighted by Crippen LogP contribution is -2.03. The van der Waals surface area contributed by atoms with Gasteiger partial charge in [0.1, 0.15) is 24.0 Å². The molecule has 0 aliphatic heterocycles. The van der Waals surface area contributed by atoms with Gasteiger partial charge in [0.15, 0.2) is 0 Å². The first kappa shape index (κ1) is 19.5. The van der Waals surface area contributed by atoms with Gasteiger partial charge in [-0.25, -0.2) is 0 Å². The van der Waals surface area contributed by atoms with Gasteiger partial charge in [0.2, 0.25) is 5.78 Å². The zero-order valence-corrected chi connectivity index (χ0v) is 15.3. The Morgan fingerprint density at radius 1 is 1.03 bits per heavy atom. The lowest BCUT2D eigenvalue weighted by Gasteiger charge is -2.09. The Hall–Kier alpha value is -4.24. The van der Waals surface area contributed by atoms with Gasteiger partial charge in [-0.2, -0.15) is 5.26 Å². The van der Waals surface area contributed by atoms with Gasteiger partial charge in [-0.3, -0.25) is 14.9 Å². The summed E-state index contributed by atoms with van der Waals surface area (Å²) in [5.74, 6) is -0.0648. The number of carbonyl (C=O) groups excluding carboxylic acids is 1. The van der Waals surface area contributed by atoms with Crippen LogP contribution in [0, 0.1) is 21.4 Å². The topological polar surface area (TPSA) is 93.2 Å². The predicted octanol–water partition coefficient (Wildman–Crippen LogP) is 4.96. The van der Waals surface area contributed by atoms with Crippen LogP contribution in [-0.4, -0.2) is 10.7 Å². The number of nitrogens with zero attached hydrogens (tertiary/aromatic N) is 2. The standard InChI is InChI=1S/C23H16N2O4/c24-15-20(23(26)19-10-6-11-21(14-19)25(27)28)13-18-9-4-5-12-22(18)29-16-17-7-2-1-3-8-17/h1-14H,16H2/b20-13+. The van der Waals surface area contributed by atoms with E-state index in [0.29, 0.717) is 17.9 Å². The molecule has 0 spiro atoms. The van der Waals surface area contributed by atoms with Crippen molar-refractivity contribution in [3.8, 4) is 11.8 Å². The van der Waals surface area contributed by atoms with Crippen LogP contribution in [0.4, 0.5) is 5.69 Å². The molecule has 0 aromatic heterocycles. The number of nitro groups is 1. The van der Waals surface area contributed by atoms with Crippen molar-refractivity contribution in [2.45, 2.75) is 6.61 Å². The maximum Gasteiger partial charge on any atom is 0.270 e. The molecule has 0 saturated carbocycles. The molecule has 6 heteroatoms. The smallest absolute Gasteiger partial charge is 0.270 e. The van der Waals surface area contributed by atoms with E-state index >= 15 is 0 Å². The molecule has 0 aliphatic carbocycles. The van der Waals surface area contributed by atoms with E-state index in [1.54, 1.807) is 24.3 Å². The number of benzene rings is 3. The van der Waals surface area contributed by atoms with Crippen molar-refractivity contribution in [1.82, 2.24) is 0 Å². The second kappa shape index (κ2) is 9.11. The molecular formula is C23H16N2O4. The summed E-state index contributed by atoms with van der Waals surface area (Å²) in [7, 11) is 0. The number of nitro benzene ring substituents is 1. The van der Waals surface area contributed by atoms with Crippen LogP contribution in [0.2, 0.25) is 0 Å². The molecule has 6 nitrogen and oxygen atoms in total. The predicted molar refractivity (Wildman–Crippen MR) is 108 cm³/mol. The van der Waals surface area contributed by atoms with Crippen molar-refractivity contribution < 1.29 is 14.5 Å². The highest BCUT2D eigenvalue weighted by molar-refractivity contribution is 6.14. The molecule has 3 aromatic carbocycles. The Balaban J connectivity index is 1.87. The minimum absolute atomic E-state index is 0.0784. The average Bonchev–Trinajstić information content (AvgIpc) is 2.77. The molecule has 3 rings (SSSR count). The fourth-order valence-corrected chi connectivity index (χ4v) is 2.69. The fraction of sp³-hybridized carbons (Fsp3) is 0.0435. The van der Waals surface area contributed by atoms with Gasteiger partial charge >= 0.3 is 0 Å². The lowest BCUT2D eigenvalue weighted by molar-refractivity contribution is -0.384. The van der Waals surface area contributed by atoms with E-state index in [2.05, 4.69) is 0 Å². The summed E-state index contributed by atoms with van der Waals surface area (Å²) in [5, 5.41) is 20.4. The number of allylic oxidation sites excluding steroid dienone is 1. The van der Waals surface area contributed by atoms with E-state index in [-0.39, 0.29) is 16.8 Å². The number of carbonyl (C=O) groups is 1. The minimum Gasteiger partial charge on any atom is -0.488 e. The molecule has 0 N–H and O–H groups in total. The average molecular weight is 384 g/mol. The first-order valence-electron chi connectivity index (χ1n) is 8.75. The van der Waals surface area contributed by atoms with E-state index in [9.17, 15) is 20.2 Å². The number of non-ortho nitro benzene ring substituents is 1. The number of para-hydroxylation sites is 1. The van der Waals surface area contributed by atoms with Crippen molar-refractivity contribution >= 4 is 17.5 Å². The van der Waals surface area contributed by atoms with E-state index in [1.807, 2.05) is 36.4 Å². The summed E-state index contributed by atoms with van der Waals surface area (Å²) in [5.41, 5.74) is 1.29. The molecule has 0 amide bonds. The highest BCUT2D eigenvalue weighted by Gasteiger charge is 2.16. The molecule has 0 unspecified atom stereocenters. The van der Waals surface area contributed by atoms with Crippen LogP contribution in [0.15, 0.2) is 84.4 Å². The van der Waals surface area contributed by atoms with Crippen LogP contribution in [0.25, 0.3) is 6.08 Å². The van der Waals surface area contributed by atoms with E-state index in [4.69, 9.17) is 4.74 Å². The first-order chi connectivity index (χ1) is 14.1. The van der Waals surface area contributed by atoms with Gasteiger partial charge in [0.05, 0.1) is 4.92 Å². The molecule has 3 aromatic rings. The Morgan fingerprint density at radius 2 is 1.76 bits per heavy atom. The van der Waals surface area contributed by atoms with Crippen LogP contribution in [0.1, 0.15) is 21.5 Å².